The zero-order valence-corrected chi connectivity index (χ0v) is 7.59. The van der Waals surface area contributed by atoms with E-state index in [4.69, 9.17) is 5.11 Å². The molecule has 2 heteroatoms. The quantitative estimate of drug-likeness (QED) is 0.636. The number of rotatable bonds is 3. The van der Waals surface area contributed by atoms with Gasteiger partial charge < -0.3 is 5.11 Å². The van der Waals surface area contributed by atoms with E-state index >= 15 is 0 Å². The van der Waals surface area contributed by atoms with Crippen molar-refractivity contribution >= 4 is 5.97 Å². The normalized spacial score (nSPS) is 15.2. The largest absolute Gasteiger partial charge is 0.478 e. The molecule has 0 rings (SSSR count). The molecule has 0 aliphatic rings. The number of hydrogen-bond acceptors (Lipinski definition) is 1. The van der Waals surface area contributed by atoms with E-state index in [1.165, 1.54) is 0 Å². The molecule has 0 saturated heterocycles. The van der Waals surface area contributed by atoms with Gasteiger partial charge in [-0.2, -0.15) is 0 Å². The molecular weight excluding hydrogens is 140 g/mol. The molecule has 0 saturated carbocycles. The molecule has 0 spiro atoms. The standard InChI is InChI=1S/C9H16O2/c1-6(2)7(3)5-8(4)9(10)11/h5-7H,1-4H3,(H,10,11). The maximum atomic E-state index is 10.4. The zero-order chi connectivity index (χ0) is 9.02. The second-order valence-electron chi connectivity index (χ2n) is 3.26. The van der Waals surface area contributed by atoms with E-state index in [9.17, 15) is 4.79 Å². The molecule has 0 aliphatic heterocycles. The van der Waals surface area contributed by atoms with Crippen LogP contribution in [0.1, 0.15) is 27.7 Å². The van der Waals surface area contributed by atoms with E-state index in [0.717, 1.165) is 0 Å². The molecule has 0 amide bonds. The lowest BCUT2D eigenvalue weighted by molar-refractivity contribution is -0.132. The fraction of sp³-hybridized carbons (Fsp3) is 0.667. The highest BCUT2D eigenvalue weighted by Gasteiger charge is 2.06. The van der Waals surface area contributed by atoms with Gasteiger partial charge in [-0.25, -0.2) is 4.79 Å². The Morgan fingerprint density at radius 2 is 1.82 bits per heavy atom. The van der Waals surface area contributed by atoms with Crippen molar-refractivity contribution in [2.45, 2.75) is 27.7 Å². The zero-order valence-electron chi connectivity index (χ0n) is 7.59. The van der Waals surface area contributed by atoms with E-state index in [1.54, 1.807) is 13.0 Å². The van der Waals surface area contributed by atoms with Crippen molar-refractivity contribution in [3.8, 4) is 0 Å². The Kier molecular flexibility index (Phi) is 3.86. The van der Waals surface area contributed by atoms with Crippen LogP contribution >= 0.6 is 0 Å². The number of carbonyl (C=O) groups is 1. The van der Waals surface area contributed by atoms with E-state index in [-0.39, 0.29) is 0 Å². The minimum Gasteiger partial charge on any atom is -0.478 e. The van der Waals surface area contributed by atoms with E-state index in [1.807, 2.05) is 6.92 Å². The highest BCUT2D eigenvalue weighted by molar-refractivity contribution is 5.85. The maximum absolute atomic E-state index is 10.4. The average Bonchev–Trinajstić information content (AvgIpc) is 1.87. The SMILES string of the molecule is CC(=CC(C)C(C)C)C(=O)O. The first-order valence-electron chi connectivity index (χ1n) is 3.87. The monoisotopic (exact) mass is 156 g/mol. The van der Waals surface area contributed by atoms with Crippen molar-refractivity contribution in [1.29, 1.82) is 0 Å². The van der Waals surface area contributed by atoms with Crippen LogP contribution in [0.4, 0.5) is 0 Å². The Morgan fingerprint density at radius 1 is 1.36 bits per heavy atom. The van der Waals surface area contributed by atoms with Gasteiger partial charge in [0.05, 0.1) is 0 Å². The summed E-state index contributed by atoms with van der Waals surface area (Å²) in [5.74, 6) is 0.0212. The van der Waals surface area contributed by atoms with E-state index < -0.39 is 5.97 Å². The first kappa shape index (κ1) is 10.2. The summed E-state index contributed by atoms with van der Waals surface area (Å²) in [6.45, 7) is 7.81. The summed E-state index contributed by atoms with van der Waals surface area (Å²) < 4.78 is 0. The van der Waals surface area contributed by atoms with E-state index in [0.29, 0.717) is 17.4 Å². The summed E-state index contributed by atoms with van der Waals surface area (Å²) in [6.07, 6.45) is 1.80. The number of allylic oxidation sites excluding steroid dienone is 1. The Hall–Kier alpha value is -0.790. The van der Waals surface area contributed by atoms with Crippen molar-refractivity contribution in [1.82, 2.24) is 0 Å². The van der Waals surface area contributed by atoms with Gasteiger partial charge in [0.15, 0.2) is 0 Å². The lowest BCUT2D eigenvalue weighted by Gasteiger charge is -2.10. The first-order chi connectivity index (χ1) is 4.95. The summed E-state index contributed by atoms with van der Waals surface area (Å²) in [4.78, 5) is 10.4. The van der Waals surface area contributed by atoms with Crippen LogP contribution < -0.4 is 0 Å². The van der Waals surface area contributed by atoms with Crippen molar-refractivity contribution in [2.24, 2.45) is 11.8 Å². The lowest BCUT2D eigenvalue weighted by Crippen LogP contribution is -2.04. The molecule has 0 aromatic heterocycles. The van der Waals surface area contributed by atoms with Crippen LogP contribution in [0.3, 0.4) is 0 Å². The van der Waals surface area contributed by atoms with Crippen molar-refractivity contribution in [3.05, 3.63) is 11.6 Å². The summed E-state index contributed by atoms with van der Waals surface area (Å²) in [5.41, 5.74) is 0.436. The molecule has 0 aliphatic carbocycles. The van der Waals surface area contributed by atoms with Crippen molar-refractivity contribution < 1.29 is 9.90 Å². The van der Waals surface area contributed by atoms with Gasteiger partial charge in [0.2, 0.25) is 0 Å². The van der Waals surface area contributed by atoms with Crippen LogP contribution in [0.25, 0.3) is 0 Å². The van der Waals surface area contributed by atoms with Crippen LogP contribution in [0.15, 0.2) is 11.6 Å². The van der Waals surface area contributed by atoms with Crippen molar-refractivity contribution in [3.63, 3.8) is 0 Å². The molecule has 0 aromatic rings. The van der Waals surface area contributed by atoms with Crippen LogP contribution in [-0.4, -0.2) is 11.1 Å². The summed E-state index contributed by atoms with van der Waals surface area (Å²) in [5, 5.41) is 8.54. The molecule has 0 bridgehead atoms. The minimum absolute atomic E-state index is 0.339. The molecule has 64 valence electrons. The molecule has 0 fully saturated rings. The fourth-order valence-electron chi connectivity index (χ4n) is 0.658. The maximum Gasteiger partial charge on any atom is 0.330 e. The molecule has 0 radical (unpaired) electrons. The number of aliphatic carboxylic acids is 1. The van der Waals surface area contributed by atoms with E-state index in [2.05, 4.69) is 13.8 Å². The van der Waals surface area contributed by atoms with Gasteiger partial charge in [0, 0.05) is 5.57 Å². The van der Waals surface area contributed by atoms with Crippen LogP contribution in [0.5, 0.6) is 0 Å². The van der Waals surface area contributed by atoms with Gasteiger partial charge in [-0.3, -0.25) is 0 Å². The predicted molar refractivity (Wildman–Crippen MR) is 45.4 cm³/mol. The molecule has 1 N–H and O–H groups in total. The van der Waals surface area contributed by atoms with Crippen LogP contribution in [-0.2, 0) is 4.79 Å². The van der Waals surface area contributed by atoms with Gasteiger partial charge in [0.25, 0.3) is 0 Å². The molecule has 11 heavy (non-hydrogen) atoms. The molecule has 0 heterocycles. The van der Waals surface area contributed by atoms with Gasteiger partial charge in [-0.05, 0) is 18.8 Å². The summed E-state index contributed by atoms with van der Waals surface area (Å²) in [6, 6.07) is 0. The molecule has 0 aromatic carbocycles. The fourth-order valence-corrected chi connectivity index (χ4v) is 0.658. The van der Waals surface area contributed by atoms with Gasteiger partial charge in [-0.15, -0.1) is 0 Å². The van der Waals surface area contributed by atoms with Gasteiger partial charge in [0.1, 0.15) is 0 Å². The molecular formula is C9H16O2. The summed E-state index contributed by atoms with van der Waals surface area (Å²) in [7, 11) is 0. The average molecular weight is 156 g/mol. The molecule has 1 atom stereocenters. The Balaban J connectivity index is 4.19. The highest BCUT2D eigenvalue weighted by atomic mass is 16.4. The second kappa shape index (κ2) is 4.16. The Labute approximate surface area is 67.9 Å². The lowest BCUT2D eigenvalue weighted by atomic mass is 9.96. The first-order valence-corrected chi connectivity index (χ1v) is 3.87. The Bertz CT molecular complexity index is 168. The third-order valence-electron chi connectivity index (χ3n) is 1.90. The topological polar surface area (TPSA) is 37.3 Å². The van der Waals surface area contributed by atoms with Gasteiger partial charge >= 0.3 is 5.97 Å². The van der Waals surface area contributed by atoms with Crippen LogP contribution in [0, 0.1) is 11.8 Å². The predicted octanol–water partition coefficient (Wildman–Crippen LogP) is 2.31. The molecule has 2 nitrogen and oxygen atoms in total. The van der Waals surface area contributed by atoms with Crippen LogP contribution in [0.2, 0.25) is 0 Å². The molecule has 1 unspecified atom stereocenters. The smallest absolute Gasteiger partial charge is 0.330 e. The highest BCUT2D eigenvalue weighted by Crippen LogP contribution is 2.13. The number of carboxylic acid groups (broad SMARTS) is 1. The third kappa shape index (κ3) is 3.81. The number of carboxylic acids is 1. The van der Waals surface area contributed by atoms with Crippen molar-refractivity contribution in [2.75, 3.05) is 0 Å². The summed E-state index contributed by atoms with van der Waals surface area (Å²) >= 11 is 0. The van der Waals surface area contributed by atoms with Gasteiger partial charge in [-0.1, -0.05) is 26.8 Å². The second-order valence-corrected chi connectivity index (χ2v) is 3.26. The number of hydrogen-bond donors (Lipinski definition) is 1. The third-order valence-corrected chi connectivity index (χ3v) is 1.90. The minimum atomic E-state index is -0.822. The Morgan fingerprint density at radius 3 is 2.09 bits per heavy atom.